The molecule has 0 amide bonds. The molecule has 10 rings (SSSR count). The van der Waals surface area contributed by atoms with E-state index in [1.165, 1.54) is 81.4 Å². The third kappa shape index (κ3) is 4.73. The van der Waals surface area contributed by atoms with Gasteiger partial charge in [0.25, 0.3) is 0 Å². The molecule has 0 spiro atoms. The predicted molar refractivity (Wildman–Crippen MR) is 216 cm³/mol. The van der Waals surface area contributed by atoms with Gasteiger partial charge < -0.3 is 0 Å². The molecule has 1 aliphatic rings. The summed E-state index contributed by atoms with van der Waals surface area (Å²) >= 11 is 1.90. The van der Waals surface area contributed by atoms with Crippen LogP contribution in [0, 0.1) is 0 Å². The van der Waals surface area contributed by atoms with Crippen LogP contribution >= 0.6 is 11.3 Å². The van der Waals surface area contributed by atoms with E-state index in [9.17, 15) is 0 Å². The van der Waals surface area contributed by atoms with Crippen LogP contribution in [0.2, 0.25) is 0 Å². The molecule has 0 radical (unpaired) electrons. The van der Waals surface area contributed by atoms with E-state index in [1.807, 2.05) is 11.3 Å². The van der Waals surface area contributed by atoms with Crippen LogP contribution in [-0.4, -0.2) is 0 Å². The van der Waals surface area contributed by atoms with Crippen molar-refractivity contribution in [2.24, 2.45) is 0 Å². The second kappa shape index (κ2) is 12.1. The van der Waals surface area contributed by atoms with Crippen LogP contribution in [-0.2, 0) is 5.41 Å². The summed E-state index contributed by atoms with van der Waals surface area (Å²) in [7, 11) is 0. The molecule has 1 heteroatoms. The van der Waals surface area contributed by atoms with Gasteiger partial charge in [-0.25, -0.2) is 0 Å². The van der Waals surface area contributed by atoms with Crippen LogP contribution in [0.25, 0.3) is 42.4 Å². The Bertz CT molecular complexity index is 2620. The smallest absolute Gasteiger partial charge is 0.0713 e. The summed E-state index contributed by atoms with van der Waals surface area (Å²) in [4.78, 5) is 0. The highest BCUT2D eigenvalue weighted by Crippen LogP contribution is 2.56. The molecular formula is C50H34S. The van der Waals surface area contributed by atoms with Crippen LogP contribution in [0.5, 0.6) is 0 Å². The molecule has 0 bridgehead atoms. The lowest BCUT2D eigenvalue weighted by molar-refractivity contribution is 0.767. The van der Waals surface area contributed by atoms with E-state index >= 15 is 0 Å². The van der Waals surface area contributed by atoms with Gasteiger partial charge in [-0.05, 0) is 73.3 Å². The summed E-state index contributed by atoms with van der Waals surface area (Å²) < 4.78 is 2.65. The van der Waals surface area contributed by atoms with E-state index in [0.29, 0.717) is 0 Å². The Morgan fingerprint density at radius 3 is 1.51 bits per heavy atom. The van der Waals surface area contributed by atoms with E-state index in [4.69, 9.17) is 0 Å². The van der Waals surface area contributed by atoms with Gasteiger partial charge in [0, 0.05) is 26.1 Å². The maximum Gasteiger partial charge on any atom is 0.0713 e. The molecule has 1 aliphatic carbocycles. The van der Waals surface area contributed by atoms with Gasteiger partial charge in [0.15, 0.2) is 0 Å². The normalized spacial score (nSPS) is 13.6. The summed E-state index contributed by atoms with van der Waals surface area (Å²) in [5, 5.41) is 2.65. The number of fused-ring (bicyclic) bond motifs is 6. The lowest BCUT2D eigenvalue weighted by Crippen LogP contribution is -2.28. The van der Waals surface area contributed by atoms with Crippen LogP contribution in [0.15, 0.2) is 200 Å². The first-order valence-corrected chi connectivity index (χ1v) is 18.5. The predicted octanol–water partition coefficient (Wildman–Crippen LogP) is 13.3. The van der Waals surface area contributed by atoms with Gasteiger partial charge in [0.1, 0.15) is 0 Å². The first kappa shape index (κ1) is 29.9. The molecule has 240 valence electrons. The van der Waals surface area contributed by atoms with Crippen molar-refractivity contribution in [3.05, 3.63) is 239 Å². The van der Waals surface area contributed by atoms with Crippen molar-refractivity contribution in [1.29, 1.82) is 0 Å². The molecule has 51 heavy (non-hydrogen) atoms. The van der Waals surface area contributed by atoms with Crippen LogP contribution in [0.4, 0.5) is 0 Å². The SMILES string of the molecule is c1ccc(-c2ccc3c(c2)sc2cc(C(c4ccccc4)c4ccc(C5(c6ccccc6)c6ccccc6-c6ccccc65)cc4)ccc23)cc1. The second-order valence-electron chi connectivity index (χ2n) is 13.6. The van der Waals surface area contributed by atoms with E-state index < -0.39 is 5.41 Å². The molecule has 1 atom stereocenters. The third-order valence-electron chi connectivity index (χ3n) is 10.9. The zero-order valence-corrected chi connectivity index (χ0v) is 28.9. The van der Waals surface area contributed by atoms with Crippen LogP contribution in [0.1, 0.15) is 44.9 Å². The van der Waals surface area contributed by atoms with E-state index in [2.05, 4.69) is 200 Å². The first-order chi connectivity index (χ1) is 25.3. The zero-order valence-electron chi connectivity index (χ0n) is 28.0. The van der Waals surface area contributed by atoms with Gasteiger partial charge in [-0.2, -0.15) is 0 Å². The van der Waals surface area contributed by atoms with Crippen molar-refractivity contribution in [2.75, 3.05) is 0 Å². The summed E-state index contributed by atoms with van der Waals surface area (Å²) in [6.07, 6.45) is 0. The minimum absolute atomic E-state index is 0.102. The first-order valence-electron chi connectivity index (χ1n) is 17.7. The Labute approximate surface area is 303 Å². The number of hydrogen-bond donors (Lipinski definition) is 0. The highest BCUT2D eigenvalue weighted by atomic mass is 32.1. The summed E-state index contributed by atoms with van der Waals surface area (Å²) in [6, 6.07) is 74.2. The quantitative estimate of drug-likeness (QED) is 0.155. The molecule has 0 saturated heterocycles. The molecule has 8 aromatic carbocycles. The van der Waals surface area contributed by atoms with Gasteiger partial charge in [-0.3, -0.25) is 0 Å². The zero-order chi connectivity index (χ0) is 33.8. The van der Waals surface area contributed by atoms with Gasteiger partial charge in [0.2, 0.25) is 0 Å². The number of rotatable bonds is 6. The Kier molecular flexibility index (Phi) is 7.08. The Balaban J connectivity index is 1.12. The van der Waals surface area contributed by atoms with E-state index in [-0.39, 0.29) is 5.92 Å². The average molecular weight is 667 g/mol. The van der Waals surface area contributed by atoms with Crippen LogP contribution < -0.4 is 0 Å². The maximum absolute atomic E-state index is 2.43. The van der Waals surface area contributed by atoms with Crippen molar-refractivity contribution in [3.8, 4) is 22.3 Å². The van der Waals surface area contributed by atoms with Crippen molar-refractivity contribution >= 4 is 31.5 Å². The third-order valence-corrected chi connectivity index (χ3v) is 12.0. The fourth-order valence-electron chi connectivity index (χ4n) is 8.64. The summed E-state index contributed by atoms with van der Waals surface area (Å²) in [5.41, 5.74) is 13.9. The van der Waals surface area contributed by atoms with Crippen molar-refractivity contribution < 1.29 is 0 Å². The molecule has 0 saturated carbocycles. The molecule has 0 fully saturated rings. The second-order valence-corrected chi connectivity index (χ2v) is 14.7. The van der Waals surface area contributed by atoms with Gasteiger partial charge in [-0.15, -0.1) is 11.3 Å². The minimum Gasteiger partial charge on any atom is -0.135 e. The van der Waals surface area contributed by atoms with E-state index in [0.717, 1.165) is 0 Å². The Hall–Kier alpha value is -6.02. The van der Waals surface area contributed by atoms with Crippen molar-refractivity contribution in [1.82, 2.24) is 0 Å². The van der Waals surface area contributed by atoms with Gasteiger partial charge in [-0.1, -0.05) is 188 Å². The molecule has 1 heterocycles. The standard InChI is InChI=1S/C50H34S/c1-4-14-34(15-5-1)37-26-30-43-44-31-27-38(33-48(44)51-47(43)32-37)49(35-16-6-2-7-17-35)36-24-28-40(29-25-36)50(39-18-8-3-9-19-39)45-22-12-10-20-41(45)42-21-11-13-23-46(42)50/h1-33,49H. The molecule has 9 aromatic rings. The Morgan fingerprint density at radius 1 is 0.353 bits per heavy atom. The summed E-state index contributed by atoms with van der Waals surface area (Å²) in [6.45, 7) is 0. The van der Waals surface area contributed by atoms with Crippen LogP contribution in [0.3, 0.4) is 0 Å². The number of thiophene rings is 1. The van der Waals surface area contributed by atoms with E-state index in [1.54, 1.807) is 0 Å². The van der Waals surface area contributed by atoms with Crippen molar-refractivity contribution in [3.63, 3.8) is 0 Å². The molecule has 1 aromatic heterocycles. The van der Waals surface area contributed by atoms with Crippen molar-refractivity contribution in [2.45, 2.75) is 11.3 Å². The molecule has 1 unspecified atom stereocenters. The maximum atomic E-state index is 2.43. The van der Waals surface area contributed by atoms with Gasteiger partial charge in [0.05, 0.1) is 5.41 Å². The molecule has 0 N–H and O–H groups in total. The van der Waals surface area contributed by atoms with Gasteiger partial charge >= 0.3 is 0 Å². The molecular weight excluding hydrogens is 633 g/mol. The summed E-state index contributed by atoms with van der Waals surface area (Å²) in [5.74, 6) is 0.102. The lowest BCUT2D eigenvalue weighted by atomic mass is 9.67. The average Bonchev–Trinajstić information content (AvgIpc) is 3.72. The molecule has 0 nitrogen and oxygen atoms in total. The number of hydrogen-bond acceptors (Lipinski definition) is 1. The minimum atomic E-state index is -0.399. The number of benzene rings is 8. The highest BCUT2D eigenvalue weighted by Gasteiger charge is 2.45. The fraction of sp³-hybridized carbons (Fsp3) is 0.0400. The molecule has 0 aliphatic heterocycles. The Morgan fingerprint density at radius 2 is 0.843 bits per heavy atom. The largest absolute Gasteiger partial charge is 0.135 e. The fourth-order valence-corrected chi connectivity index (χ4v) is 9.84. The lowest BCUT2D eigenvalue weighted by Gasteiger charge is -2.34. The topological polar surface area (TPSA) is 0 Å². The monoisotopic (exact) mass is 666 g/mol. The highest BCUT2D eigenvalue weighted by molar-refractivity contribution is 7.25.